The second kappa shape index (κ2) is 3.81. The van der Waals surface area contributed by atoms with Gasteiger partial charge in [0.15, 0.2) is 0 Å². The van der Waals surface area contributed by atoms with Crippen LogP contribution in [0, 0.1) is 0 Å². The lowest BCUT2D eigenvalue weighted by Crippen LogP contribution is -1.99. The molecule has 0 saturated heterocycles. The smallest absolute Gasteiger partial charge is 0.128 e. The predicted octanol–water partition coefficient (Wildman–Crippen LogP) is 2.01. The van der Waals surface area contributed by atoms with Crippen LogP contribution in [-0.2, 0) is 0 Å². The third kappa shape index (κ3) is 1.78. The molecule has 0 aromatic heterocycles. The molecule has 0 heterocycles. The Labute approximate surface area is 72.7 Å². The van der Waals surface area contributed by atoms with E-state index in [9.17, 15) is 0 Å². The molecule has 0 aliphatic rings. The van der Waals surface area contributed by atoms with Gasteiger partial charge >= 0.3 is 0 Å². The van der Waals surface area contributed by atoms with Gasteiger partial charge in [-0.2, -0.15) is 0 Å². The molecule has 0 bridgehead atoms. The minimum absolute atomic E-state index is 0.541. The summed E-state index contributed by atoms with van der Waals surface area (Å²) in [6, 6.07) is 7.61. The zero-order valence-corrected chi connectivity index (χ0v) is 7.21. The first-order valence-corrected chi connectivity index (χ1v) is 3.92. The predicted molar refractivity (Wildman–Crippen MR) is 50.8 cm³/mol. The third-order valence-corrected chi connectivity index (χ3v) is 1.53. The van der Waals surface area contributed by atoms with Crippen molar-refractivity contribution in [1.82, 2.24) is 0 Å². The maximum atomic E-state index is 5.57. The normalized spacial score (nSPS) is 9.42. The van der Waals surface area contributed by atoms with E-state index in [1.807, 2.05) is 31.2 Å². The standard InChI is InChI=1S/C10H13NO/c1-3-12-10-7-5-4-6-9(10)8(2)11/h4-7H,2-3,11H2,1H3. The fourth-order valence-corrected chi connectivity index (χ4v) is 1.01. The zero-order chi connectivity index (χ0) is 8.97. The highest BCUT2D eigenvalue weighted by Crippen LogP contribution is 2.21. The molecule has 2 nitrogen and oxygen atoms in total. The van der Waals surface area contributed by atoms with Gasteiger partial charge in [-0.3, -0.25) is 0 Å². The van der Waals surface area contributed by atoms with Crippen LogP contribution in [0.5, 0.6) is 5.75 Å². The summed E-state index contributed by atoms with van der Waals surface area (Å²) >= 11 is 0. The number of hydrogen-bond donors (Lipinski definition) is 1. The van der Waals surface area contributed by atoms with E-state index in [1.54, 1.807) is 0 Å². The first-order valence-electron chi connectivity index (χ1n) is 3.92. The van der Waals surface area contributed by atoms with Gasteiger partial charge in [-0.15, -0.1) is 0 Å². The number of nitrogens with two attached hydrogens (primary N) is 1. The summed E-state index contributed by atoms with van der Waals surface area (Å²) in [6.07, 6.45) is 0. The first kappa shape index (κ1) is 8.65. The van der Waals surface area contributed by atoms with Gasteiger partial charge in [0.25, 0.3) is 0 Å². The molecule has 0 aliphatic carbocycles. The molecule has 1 rings (SSSR count). The first-order chi connectivity index (χ1) is 5.75. The van der Waals surface area contributed by atoms with Gasteiger partial charge in [0.05, 0.1) is 6.61 Å². The van der Waals surface area contributed by atoms with Crippen molar-refractivity contribution in [3.05, 3.63) is 36.4 Å². The Morgan fingerprint density at radius 3 is 2.75 bits per heavy atom. The molecular formula is C10H13NO. The Bertz CT molecular complexity index is 281. The molecule has 0 unspecified atom stereocenters. The molecular weight excluding hydrogens is 150 g/mol. The number of rotatable bonds is 3. The number of hydrogen-bond acceptors (Lipinski definition) is 2. The maximum Gasteiger partial charge on any atom is 0.128 e. The van der Waals surface area contributed by atoms with E-state index in [0.29, 0.717) is 12.3 Å². The average molecular weight is 163 g/mol. The van der Waals surface area contributed by atoms with Gasteiger partial charge in [0.2, 0.25) is 0 Å². The monoisotopic (exact) mass is 163 g/mol. The van der Waals surface area contributed by atoms with Gasteiger partial charge in [-0.05, 0) is 19.1 Å². The van der Waals surface area contributed by atoms with E-state index in [2.05, 4.69) is 6.58 Å². The quantitative estimate of drug-likeness (QED) is 0.739. The Balaban J connectivity index is 3.00. The van der Waals surface area contributed by atoms with E-state index in [0.717, 1.165) is 11.3 Å². The van der Waals surface area contributed by atoms with Crippen molar-refractivity contribution in [1.29, 1.82) is 0 Å². The van der Waals surface area contributed by atoms with Crippen molar-refractivity contribution < 1.29 is 4.74 Å². The molecule has 0 atom stereocenters. The van der Waals surface area contributed by atoms with Crippen LogP contribution < -0.4 is 10.5 Å². The van der Waals surface area contributed by atoms with Crippen LogP contribution in [-0.4, -0.2) is 6.61 Å². The third-order valence-electron chi connectivity index (χ3n) is 1.53. The van der Waals surface area contributed by atoms with Crippen molar-refractivity contribution in [3.63, 3.8) is 0 Å². The molecule has 0 radical (unpaired) electrons. The molecule has 12 heavy (non-hydrogen) atoms. The van der Waals surface area contributed by atoms with Crippen LogP contribution in [0.2, 0.25) is 0 Å². The lowest BCUT2D eigenvalue weighted by atomic mass is 10.1. The maximum absolute atomic E-state index is 5.57. The summed E-state index contributed by atoms with van der Waals surface area (Å²) in [5.41, 5.74) is 6.99. The Hall–Kier alpha value is -1.44. The van der Waals surface area contributed by atoms with E-state index in [-0.39, 0.29) is 0 Å². The van der Waals surface area contributed by atoms with Crippen LogP contribution in [0.25, 0.3) is 5.70 Å². The van der Waals surface area contributed by atoms with E-state index >= 15 is 0 Å². The summed E-state index contributed by atoms with van der Waals surface area (Å²) in [4.78, 5) is 0. The van der Waals surface area contributed by atoms with Crippen molar-refractivity contribution in [2.24, 2.45) is 5.73 Å². The van der Waals surface area contributed by atoms with Crippen molar-refractivity contribution in [2.75, 3.05) is 6.61 Å². The molecule has 1 aromatic rings. The van der Waals surface area contributed by atoms with Crippen LogP contribution in [0.15, 0.2) is 30.8 Å². The van der Waals surface area contributed by atoms with Gasteiger partial charge in [-0.1, -0.05) is 18.7 Å². The molecule has 0 saturated carbocycles. The number of benzene rings is 1. The van der Waals surface area contributed by atoms with Crippen LogP contribution in [0.1, 0.15) is 12.5 Å². The molecule has 0 fully saturated rings. The topological polar surface area (TPSA) is 35.2 Å². The molecule has 2 N–H and O–H groups in total. The average Bonchev–Trinajstić information content (AvgIpc) is 2.05. The fourth-order valence-electron chi connectivity index (χ4n) is 1.01. The molecule has 0 spiro atoms. The second-order valence-corrected chi connectivity index (χ2v) is 2.45. The van der Waals surface area contributed by atoms with Crippen molar-refractivity contribution >= 4 is 5.70 Å². The summed E-state index contributed by atoms with van der Waals surface area (Å²) < 4.78 is 5.36. The minimum atomic E-state index is 0.541. The summed E-state index contributed by atoms with van der Waals surface area (Å²) in [5.74, 6) is 0.799. The van der Waals surface area contributed by atoms with Gasteiger partial charge in [0.1, 0.15) is 5.75 Å². The zero-order valence-electron chi connectivity index (χ0n) is 7.21. The minimum Gasteiger partial charge on any atom is -0.493 e. The number of ether oxygens (including phenoxy) is 1. The Kier molecular flexibility index (Phi) is 2.75. The molecule has 2 heteroatoms. The van der Waals surface area contributed by atoms with E-state index in [4.69, 9.17) is 10.5 Å². The van der Waals surface area contributed by atoms with Crippen molar-refractivity contribution in [2.45, 2.75) is 6.92 Å². The van der Waals surface area contributed by atoms with Gasteiger partial charge in [0, 0.05) is 11.3 Å². The lowest BCUT2D eigenvalue weighted by Gasteiger charge is -2.08. The molecule has 0 aliphatic heterocycles. The molecule has 0 amide bonds. The van der Waals surface area contributed by atoms with Crippen LogP contribution in [0.3, 0.4) is 0 Å². The summed E-state index contributed by atoms with van der Waals surface area (Å²) in [7, 11) is 0. The summed E-state index contributed by atoms with van der Waals surface area (Å²) in [5, 5.41) is 0. The second-order valence-electron chi connectivity index (χ2n) is 2.45. The van der Waals surface area contributed by atoms with Gasteiger partial charge in [-0.25, -0.2) is 0 Å². The van der Waals surface area contributed by atoms with Crippen molar-refractivity contribution in [3.8, 4) is 5.75 Å². The highest BCUT2D eigenvalue weighted by Gasteiger charge is 2.01. The van der Waals surface area contributed by atoms with Gasteiger partial charge < -0.3 is 10.5 Å². The molecule has 64 valence electrons. The Morgan fingerprint density at radius 2 is 2.17 bits per heavy atom. The lowest BCUT2D eigenvalue weighted by molar-refractivity contribution is 0.339. The Morgan fingerprint density at radius 1 is 1.50 bits per heavy atom. The van der Waals surface area contributed by atoms with Crippen LogP contribution in [0.4, 0.5) is 0 Å². The van der Waals surface area contributed by atoms with E-state index < -0.39 is 0 Å². The largest absolute Gasteiger partial charge is 0.493 e. The number of para-hydroxylation sites is 1. The van der Waals surface area contributed by atoms with Crippen LogP contribution >= 0.6 is 0 Å². The highest BCUT2D eigenvalue weighted by molar-refractivity contribution is 5.65. The fraction of sp³-hybridized carbons (Fsp3) is 0.200. The van der Waals surface area contributed by atoms with E-state index in [1.165, 1.54) is 0 Å². The molecule has 1 aromatic carbocycles. The highest BCUT2D eigenvalue weighted by atomic mass is 16.5. The SMILES string of the molecule is C=C(N)c1ccccc1OCC. The summed E-state index contributed by atoms with van der Waals surface area (Å²) in [6.45, 7) is 6.25.